The molecular formula is C13H25NO3. The van der Waals surface area contributed by atoms with Gasteiger partial charge in [-0.3, -0.25) is 4.79 Å². The molecule has 0 radical (unpaired) electrons. The summed E-state index contributed by atoms with van der Waals surface area (Å²) in [6.45, 7) is 9.25. The quantitative estimate of drug-likeness (QED) is 0.803. The van der Waals surface area contributed by atoms with Crippen molar-refractivity contribution in [1.82, 2.24) is 4.90 Å². The van der Waals surface area contributed by atoms with E-state index in [1.54, 1.807) is 0 Å². The molecule has 1 heterocycles. The van der Waals surface area contributed by atoms with Gasteiger partial charge in [0.25, 0.3) is 0 Å². The molecule has 0 saturated carbocycles. The van der Waals surface area contributed by atoms with Gasteiger partial charge in [0.2, 0.25) is 0 Å². The van der Waals surface area contributed by atoms with Crippen molar-refractivity contribution >= 4 is 5.97 Å². The Hall–Kier alpha value is -0.610. The summed E-state index contributed by atoms with van der Waals surface area (Å²) in [7, 11) is 2.05. The van der Waals surface area contributed by atoms with E-state index in [0.29, 0.717) is 12.5 Å². The largest absolute Gasteiger partial charge is 0.481 e. The molecule has 1 rings (SSSR count). The number of nitrogens with zero attached hydrogens (tertiary/aromatic N) is 1. The van der Waals surface area contributed by atoms with E-state index in [2.05, 4.69) is 39.6 Å². The molecule has 4 nitrogen and oxygen atoms in total. The number of carbonyl (C=O) groups is 1. The number of carboxylic acids is 1. The van der Waals surface area contributed by atoms with E-state index in [4.69, 9.17) is 9.84 Å². The molecule has 0 amide bonds. The molecule has 1 saturated heterocycles. The van der Waals surface area contributed by atoms with Crippen LogP contribution >= 0.6 is 0 Å². The van der Waals surface area contributed by atoms with E-state index in [1.165, 1.54) is 0 Å². The first-order valence-corrected chi connectivity index (χ1v) is 6.26. The molecule has 1 atom stereocenters. The van der Waals surface area contributed by atoms with E-state index >= 15 is 0 Å². The second kappa shape index (κ2) is 4.94. The normalized spacial score (nSPS) is 26.4. The highest BCUT2D eigenvalue weighted by Gasteiger charge is 2.47. The molecule has 0 aliphatic carbocycles. The Morgan fingerprint density at radius 2 is 2.00 bits per heavy atom. The topological polar surface area (TPSA) is 49.8 Å². The van der Waals surface area contributed by atoms with Crippen LogP contribution < -0.4 is 0 Å². The van der Waals surface area contributed by atoms with Gasteiger partial charge in [-0.15, -0.1) is 0 Å². The van der Waals surface area contributed by atoms with Crippen LogP contribution in [0.1, 0.15) is 47.0 Å². The summed E-state index contributed by atoms with van der Waals surface area (Å²) >= 11 is 0. The fraction of sp³-hybridized carbons (Fsp3) is 0.923. The van der Waals surface area contributed by atoms with Crippen molar-refractivity contribution in [2.45, 2.75) is 64.2 Å². The highest BCUT2D eigenvalue weighted by molar-refractivity contribution is 5.66. The summed E-state index contributed by atoms with van der Waals surface area (Å²) in [5, 5.41) is 8.63. The van der Waals surface area contributed by atoms with Crippen molar-refractivity contribution in [3.8, 4) is 0 Å². The van der Waals surface area contributed by atoms with Crippen LogP contribution in [-0.2, 0) is 9.53 Å². The van der Waals surface area contributed by atoms with Gasteiger partial charge in [-0.25, -0.2) is 0 Å². The average molecular weight is 243 g/mol. The minimum atomic E-state index is -0.722. The fourth-order valence-electron chi connectivity index (χ4n) is 2.86. The second-order valence-electron chi connectivity index (χ2n) is 6.16. The molecule has 0 bridgehead atoms. The average Bonchev–Trinajstić information content (AvgIpc) is 2.33. The third kappa shape index (κ3) is 3.96. The maximum atomic E-state index is 10.5. The molecular weight excluding hydrogens is 218 g/mol. The second-order valence-corrected chi connectivity index (χ2v) is 6.16. The number of ether oxygens (including phenoxy) is 1. The van der Waals surface area contributed by atoms with Crippen molar-refractivity contribution < 1.29 is 14.6 Å². The lowest BCUT2D eigenvalue weighted by atomic mass is 9.93. The predicted molar refractivity (Wildman–Crippen MR) is 67.1 cm³/mol. The summed E-state index contributed by atoms with van der Waals surface area (Å²) in [6.07, 6.45) is 1.92. The first-order valence-electron chi connectivity index (χ1n) is 6.26. The lowest BCUT2D eigenvalue weighted by molar-refractivity contribution is -0.137. The van der Waals surface area contributed by atoms with Crippen LogP contribution in [0, 0.1) is 0 Å². The summed E-state index contributed by atoms with van der Waals surface area (Å²) in [6, 6.07) is 0.353. The van der Waals surface area contributed by atoms with E-state index in [-0.39, 0.29) is 17.6 Å². The third-order valence-corrected chi connectivity index (χ3v) is 3.46. The summed E-state index contributed by atoms with van der Waals surface area (Å²) in [5.74, 6) is -0.722. The van der Waals surface area contributed by atoms with Crippen LogP contribution in [0.2, 0.25) is 0 Å². The zero-order valence-corrected chi connectivity index (χ0v) is 11.6. The molecule has 0 aromatic heterocycles. The molecule has 17 heavy (non-hydrogen) atoms. The van der Waals surface area contributed by atoms with Crippen LogP contribution in [0.3, 0.4) is 0 Å². The molecule has 4 heteroatoms. The van der Waals surface area contributed by atoms with Crippen molar-refractivity contribution in [1.29, 1.82) is 0 Å². The van der Waals surface area contributed by atoms with Crippen LogP contribution in [0.25, 0.3) is 0 Å². The predicted octanol–water partition coefficient (Wildman–Crippen LogP) is 2.13. The lowest BCUT2D eigenvalue weighted by Gasteiger charge is -2.33. The van der Waals surface area contributed by atoms with Crippen molar-refractivity contribution in [2.24, 2.45) is 0 Å². The van der Waals surface area contributed by atoms with Crippen LogP contribution in [0.15, 0.2) is 0 Å². The maximum Gasteiger partial charge on any atom is 0.303 e. The molecule has 100 valence electrons. The lowest BCUT2D eigenvalue weighted by Crippen LogP contribution is -2.44. The zero-order valence-electron chi connectivity index (χ0n) is 11.6. The summed E-state index contributed by atoms with van der Waals surface area (Å²) in [5.41, 5.74) is -0.253. The smallest absolute Gasteiger partial charge is 0.303 e. The third-order valence-electron chi connectivity index (χ3n) is 3.46. The monoisotopic (exact) mass is 243 g/mol. The number of hydrogen-bond donors (Lipinski definition) is 1. The Labute approximate surface area is 104 Å². The van der Waals surface area contributed by atoms with Gasteiger partial charge < -0.3 is 14.7 Å². The van der Waals surface area contributed by atoms with Gasteiger partial charge in [-0.1, -0.05) is 0 Å². The van der Waals surface area contributed by atoms with Gasteiger partial charge in [-0.2, -0.15) is 0 Å². The standard InChI is InChI=1S/C13H25NO3/c1-12(2)9-10(13(3,4)17-12)14(5)8-6-7-11(15)16/h10H,6-9H2,1-5H3,(H,15,16). The summed E-state index contributed by atoms with van der Waals surface area (Å²) in [4.78, 5) is 12.7. The first-order chi connectivity index (χ1) is 7.64. The Kier molecular flexibility index (Phi) is 4.20. The van der Waals surface area contributed by atoms with Crippen LogP contribution in [-0.4, -0.2) is 46.8 Å². The van der Waals surface area contributed by atoms with E-state index in [9.17, 15) is 4.79 Å². The van der Waals surface area contributed by atoms with Gasteiger partial charge in [0.1, 0.15) is 0 Å². The van der Waals surface area contributed by atoms with Crippen LogP contribution in [0.5, 0.6) is 0 Å². The van der Waals surface area contributed by atoms with Crippen molar-refractivity contribution in [2.75, 3.05) is 13.6 Å². The zero-order chi connectivity index (χ0) is 13.3. The number of rotatable bonds is 5. The van der Waals surface area contributed by atoms with Crippen molar-refractivity contribution in [3.05, 3.63) is 0 Å². The molecule has 1 aliphatic rings. The van der Waals surface area contributed by atoms with Gasteiger partial charge >= 0.3 is 5.97 Å². The Bertz CT molecular complexity index is 286. The Balaban J connectivity index is 2.51. The van der Waals surface area contributed by atoms with Gasteiger partial charge in [0, 0.05) is 12.5 Å². The van der Waals surface area contributed by atoms with Crippen molar-refractivity contribution in [3.63, 3.8) is 0 Å². The highest BCUT2D eigenvalue weighted by atomic mass is 16.5. The van der Waals surface area contributed by atoms with Gasteiger partial charge in [0.15, 0.2) is 0 Å². The number of aliphatic carboxylic acids is 1. The van der Waals surface area contributed by atoms with Gasteiger partial charge in [0.05, 0.1) is 11.2 Å². The SMILES string of the molecule is CN(CCCC(=O)O)C1CC(C)(C)OC1(C)C. The molecule has 1 fully saturated rings. The maximum absolute atomic E-state index is 10.5. The number of hydrogen-bond acceptors (Lipinski definition) is 3. The van der Waals surface area contributed by atoms with E-state index in [1.807, 2.05) is 0 Å². The minimum Gasteiger partial charge on any atom is -0.481 e. The fourth-order valence-corrected chi connectivity index (χ4v) is 2.86. The Morgan fingerprint density at radius 3 is 2.41 bits per heavy atom. The first kappa shape index (κ1) is 14.5. The molecule has 1 N–H and O–H groups in total. The molecule has 0 spiro atoms. The molecule has 1 aliphatic heterocycles. The number of carboxylic acid groups (broad SMARTS) is 1. The summed E-state index contributed by atoms with van der Waals surface area (Å²) < 4.78 is 6.04. The highest BCUT2D eigenvalue weighted by Crippen LogP contribution is 2.39. The van der Waals surface area contributed by atoms with E-state index < -0.39 is 5.97 Å². The van der Waals surface area contributed by atoms with Crippen LogP contribution in [0.4, 0.5) is 0 Å². The number of likely N-dealkylation sites (N-methyl/N-ethyl adjacent to an activating group) is 1. The van der Waals surface area contributed by atoms with Gasteiger partial charge in [-0.05, 0) is 54.1 Å². The minimum absolute atomic E-state index is 0.0881. The molecule has 0 aromatic rings. The van der Waals surface area contributed by atoms with E-state index in [0.717, 1.165) is 13.0 Å². The molecule has 1 unspecified atom stereocenters. The Morgan fingerprint density at radius 1 is 1.41 bits per heavy atom. The molecule has 0 aromatic carbocycles.